The molecular formula is C64H116O6Si. The Hall–Kier alpha value is -1.74. The predicted molar refractivity (Wildman–Crippen MR) is 308 cm³/mol. The Labute approximate surface area is 442 Å². The molecule has 0 radical (unpaired) electrons. The van der Waals surface area contributed by atoms with E-state index in [9.17, 15) is 0 Å². The molecule has 0 aliphatic carbocycles. The van der Waals surface area contributed by atoms with E-state index in [1.807, 2.05) is 12.1 Å². The summed E-state index contributed by atoms with van der Waals surface area (Å²) in [5.41, 5.74) is 2.40. The molecule has 0 heterocycles. The molecule has 0 spiro atoms. The Morgan fingerprint density at radius 2 is 0.775 bits per heavy atom. The van der Waals surface area contributed by atoms with Gasteiger partial charge in [-0.2, -0.15) is 0 Å². The van der Waals surface area contributed by atoms with Crippen LogP contribution in [0, 0.1) is 47.3 Å². The summed E-state index contributed by atoms with van der Waals surface area (Å²) < 4.78 is 36.7. The van der Waals surface area contributed by atoms with Crippen LogP contribution in [0.15, 0.2) is 54.6 Å². The average Bonchev–Trinajstić information content (AvgIpc) is 3.32. The highest BCUT2D eigenvalue weighted by molar-refractivity contribution is 6.74. The Morgan fingerprint density at radius 3 is 1.21 bits per heavy atom. The average molecular weight is 1010 g/mol. The van der Waals surface area contributed by atoms with Crippen LogP contribution in [0.25, 0.3) is 0 Å². The quantitative estimate of drug-likeness (QED) is 0.0487. The maximum absolute atomic E-state index is 6.49. The molecule has 2 rings (SSSR count). The highest BCUT2D eigenvalue weighted by Crippen LogP contribution is 2.37. The van der Waals surface area contributed by atoms with Crippen LogP contribution in [0.2, 0.25) is 18.1 Å². The molecule has 0 bridgehead atoms. The number of methoxy groups -OCH3 is 1. The Balaban J connectivity index is 1.54. The van der Waals surface area contributed by atoms with E-state index in [1.165, 1.54) is 127 Å². The summed E-state index contributed by atoms with van der Waals surface area (Å²) in [7, 11) is 0.0658. The molecule has 0 amide bonds. The van der Waals surface area contributed by atoms with Crippen molar-refractivity contribution in [1.29, 1.82) is 0 Å². The van der Waals surface area contributed by atoms with E-state index in [-0.39, 0.29) is 6.10 Å². The zero-order valence-corrected chi connectivity index (χ0v) is 50.1. The first-order valence-electron chi connectivity index (χ1n) is 29.5. The van der Waals surface area contributed by atoms with Crippen LogP contribution in [0.5, 0.6) is 5.75 Å². The number of hydrogen-bond donors (Lipinski definition) is 0. The van der Waals surface area contributed by atoms with E-state index in [4.69, 9.17) is 28.1 Å². The molecule has 0 aromatic heterocycles. The second-order valence-electron chi connectivity index (χ2n) is 25.0. The van der Waals surface area contributed by atoms with Crippen molar-refractivity contribution < 1.29 is 28.1 Å². The molecule has 0 aliphatic rings. The van der Waals surface area contributed by atoms with Gasteiger partial charge in [-0.15, -0.1) is 0 Å². The molecule has 6 nitrogen and oxygen atoms in total. The fourth-order valence-electron chi connectivity index (χ4n) is 9.55. The topological polar surface area (TPSA) is 55.4 Å². The van der Waals surface area contributed by atoms with Crippen molar-refractivity contribution in [2.24, 2.45) is 47.3 Å². The minimum atomic E-state index is -1.64. The van der Waals surface area contributed by atoms with Crippen molar-refractivity contribution in [2.75, 3.05) is 46.8 Å². The van der Waals surface area contributed by atoms with E-state index in [2.05, 4.69) is 132 Å². The Bertz CT molecular complexity index is 1510. The minimum absolute atomic E-state index is 0.0316. The molecule has 0 unspecified atom stereocenters. The van der Waals surface area contributed by atoms with Gasteiger partial charge in [0.25, 0.3) is 0 Å². The van der Waals surface area contributed by atoms with E-state index in [1.54, 1.807) is 7.11 Å². The van der Waals surface area contributed by atoms with Gasteiger partial charge < -0.3 is 28.1 Å². The third kappa shape index (κ3) is 33.7. The molecule has 2 aromatic rings. The summed E-state index contributed by atoms with van der Waals surface area (Å²) in [6.45, 7) is 36.9. The van der Waals surface area contributed by atoms with Crippen molar-refractivity contribution in [1.82, 2.24) is 0 Å². The van der Waals surface area contributed by atoms with Gasteiger partial charge in [-0.3, -0.25) is 0 Å². The summed E-state index contributed by atoms with van der Waals surface area (Å²) in [5.74, 6) is 6.78. The summed E-state index contributed by atoms with van der Waals surface area (Å²) in [6.07, 6.45) is 26.1. The first-order chi connectivity index (χ1) is 33.9. The molecular weight excluding hydrogens is 893 g/mol. The largest absolute Gasteiger partial charge is 0.497 e. The van der Waals surface area contributed by atoms with E-state index >= 15 is 0 Å². The normalized spacial score (nSPS) is 16.3. The Morgan fingerprint density at radius 1 is 0.408 bits per heavy atom. The summed E-state index contributed by atoms with van der Waals surface area (Å²) in [6, 6.07) is 18.6. The highest BCUT2D eigenvalue weighted by Gasteiger charge is 2.37. The number of benzene rings is 2. The van der Waals surface area contributed by atoms with Crippen LogP contribution in [-0.4, -0.2) is 61.2 Å². The first kappa shape index (κ1) is 65.4. The summed E-state index contributed by atoms with van der Waals surface area (Å²) in [4.78, 5) is 0. The third-order valence-electron chi connectivity index (χ3n) is 16.2. The first-order valence-corrected chi connectivity index (χ1v) is 32.4. The van der Waals surface area contributed by atoms with Gasteiger partial charge >= 0.3 is 0 Å². The van der Waals surface area contributed by atoms with Gasteiger partial charge in [0.15, 0.2) is 8.32 Å². The van der Waals surface area contributed by atoms with Crippen molar-refractivity contribution in [3.63, 3.8) is 0 Å². The second kappa shape index (κ2) is 38.8. The number of rotatable bonds is 45. The molecule has 2 aromatic carbocycles. The minimum Gasteiger partial charge on any atom is -0.497 e. The molecule has 0 saturated heterocycles. The monoisotopic (exact) mass is 1010 g/mol. The summed E-state index contributed by atoms with van der Waals surface area (Å²) >= 11 is 0. The van der Waals surface area contributed by atoms with Gasteiger partial charge in [0.1, 0.15) is 11.9 Å². The van der Waals surface area contributed by atoms with E-state index in [0.29, 0.717) is 55.1 Å². The molecule has 0 fully saturated rings. The third-order valence-corrected chi connectivity index (χ3v) is 20.7. The lowest BCUT2D eigenvalue weighted by Crippen LogP contribution is -2.41. The lowest BCUT2D eigenvalue weighted by molar-refractivity contribution is -0.0670. The number of hydrogen-bond acceptors (Lipinski definition) is 6. The van der Waals surface area contributed by atoms with Gasteiger partial charge in [-0.25, -0.2) is 0 Å². The Kier molecular flexibility index (Phi) is 35.7. The lowest BCUT2D eigenvalue weighted by Gasteiger charge is -2.37. The molecule has 9 atom stereocenters. The van der Waals surface area contributed by atoms with Crippen molar-refractivity contribution in [2.45, 2.75) is 242 Å². The van der Waals surface area contributed by atoms with Gasteiger partial charge in [0.05, 0.1) is 33.5 Å². The lowest BCUT2D eigenvalue weighted by atomic mass is 9.90. The van der Waals surface area contributed by atoms with E-state index in [0.717, 1.165) is 68.7 Å². The van der Waals surface area contributed by atoms with Crippen LogP contribution >= 0.6 is 0 Å². The van der Waals surface area contributed by atoms with Crippen LogP contribution in [0.1, 0.15) is 216 Å². The summed E-state index contributed by atoms with van der Waals surface area (Å²) in [5, 5.41) is 0.295. The van der Waals surface area contributed by atoms with Crippen LogP contribution < -0.4 is 4.74 Å². The highest BCUT2D eigenvalue weighted by atomic mass is 28.4. The SMILES string of the molecule is COc1ccc(COC[C@@H](C)CCC[C@@H](C)CCC[C@@H](C)CCC[C@@H](C)CCO[C@@H](COCC[C@H](C)CCC[C@H](C)CCC[C@H](C)CCC[C@H](C)CO[Si](C)(C)C(C)(C)C)COCc2ccccc2)cc1. The smallest absolute Gasteiger partial charge is 0.191 e. The van der Waals surface area contributed by atoms with E-state index < -0.39 is 8.32 Å². The molecule has 0 N–H and O–H groups in total. The van der Waals surface area contributed by atoms with Crippen LogP contribution in [0.4, 0.5) is 0 Å². The zero-order chi connectivity index (χ0) is 52.3. The zero-order valence-electron chi connectivity index (χ0n) is 49.1. The van der Waals surface area contributed by atoms with Crippen molar-refractivity contribution >= 4 is 8.32 Å². The molecule has 0 aliphatic heterocycles. The molecule has 0 saturated carbocycles. The maximum Gasteiger partial charge on any atom is 0.191 e. The second-order valence-corrected chi connectivity index (χ2v) is 29.8. The molecule has 7 heteroatoms. The maximum atomic E-state index is 6.49. The molecule has 71 heavy (non-hydrogen) atoms. The van der Waals surface area contributed by atoms with Gasteiger partial charge in [-0.05, 0) is 114 Å². The van der Waals surface area contributed by atoms with Crippen molar-refractivity contribution in [3.8, 4) is 5.75 Å². The molecule has 412 valence electrons. The van der Waals surface area contributed by atoms with Crippen LogP contribution in [0.3, 0.4) is 0 Å². The fourth-order valence-corrected chi connectivity index (χ4v) is 10.7. The number of ether oxygens (including phenoxy) is 5. The van der Waals surface area contributed by atoms with Gasteiger partial charge in [0, 0.05) is 26.4 Å². The fraction of sp³-hybridized carbons (Fsp3) is 0.812. The standard InChI is InChI=1S/C64H116O6Si/c1-52(24-19-27-55(4)31-23-35-59(8)47-70-71(13,14)64(9,10)11)28-20-32-56(5)42-44-66-50-63(51-68-48-60-36-16-15-17-37-60)69-45-43-57(6)33-21-29-53(2)25-18-26-54(3)30-22-34-58(7)46-67-49-61-38-40-62(65-12)41-39-61/h15-17,36-41,52-59,63H,18-35,42-51H2,1-14H3/t52-,53-,54+,55+,56-,57-,58+,59+,63+/m1/s1. The van der Waals surface area contributed by atoms with Gasteiger partial charge in [-0.1, -0.05) is 221 Å². The van der Waals surface area contributed by atoms with Crippen LogP contribution in [-0.2, 0) is 36.6 Å². The van der Waals surface area contributed by atoms with Gasteiger partial charge in [0.2, 0.25) is 0 Å². The van der Waals surface area contributed by atoms with Crippen molar-refractivity contribution in [3.05, 3.63) is 65.7 Å². The predicted octanol–water partition coefficient (Wildman–Crippen LogP) is 18.7.